The predicted molar refractivity (Wildman–Crippen MR) is 115 cm³/mol. The van der Waals surface area contributed by atoms with Gasteiger partial charge in [-0.3, -0.25) is 19.3 Å². The molecule has 0 aromatic heterocycles. The van der Waals surface area contributed by atoms with Crippen LogP contribution in [0.25, 0.3) is 0 Å². The number of benzene rings is 2. The third-order valence-electron chi connectivity index (χ3n) is 5.79. The van der Waals surface area contributed by atoms with Gasteiger partial charge in [0, 0.05) is 36.1 Å². The van der Waals surface area contributed by atoms with Crippen molar-refractivity contribution in [3.05, 3.63) is 69.7 Å². The minimum atomic E-state index is -0.480. The number of carbonyl (C=O) groups is 3. The number of amides is 3. The standard InChI is InChI=1S/C23H23BrN2O4/c24-19-3-1-2-18(14-19)23(10-12-30-13-11-23)25-22(29)17-6-4-16(5-7-17)15-26-20(27)8-9-21(26)28/h1-7,14H,8-13,15H2,(H,25,29). The predicted octanol–water partition coefficient (Wildman–Crippen LogP) is 3.53. The lowest BCUT2D eigenvalue weighted by molar-refractivity contribution is -0.139. The summed E-state index contributed by atoms with van der Waals surface area (Å²) in [5.74, 6) is -0.439. The van der Waals surface area contributed by atoms with E-state index in [1.165, 1.54) is 4.90 Å². The Morgan fingerprint density at radius 3 is 2.33 bits per heavy atom. The topological polar surface area (TPSA) is 75.7 Å². The van der Waals surface area contributed by atoms with Crippen LogP contribution < -0.4 is 5.32 Å². The first-order valence-corrected chi connectivity index (χ1v) is 10.8. The maximum absolute atomic E-state index is 13.1. The van der Waals surface area contributed by atoms with E-state index < -0.39 is 5.54 Å². The van der Waals surface area contributed by atoms with E-state index in [2.05, 4.69) is 21.2 Å². The molecule has 0 atom stereocenters. The molecule has 0 spiro atoms. The zero-order valence-electron chi connectivity index (χ0n) is 16.5. The number of hydrogen-bond donors (Lipinski definition) is 1. The lowest BCUT2D eigenvalue weighted by Gasteiger charge is -2.38. The Balaban J connectivity index is 1.50. The average Bonchev–Trinajstić information content (AvgIpc) is 3.07. The molecule has 2 aliphatic rings. The van der Waals surface area contributed by atoms with Gasteiger partial charge in [-0.15, -0.1) is 0 Å². The van der Waals surface area contributed by atoms with Gasteiger partial charge in [0.05, 0.1) is 12.1 Å². The summed E-state index contributed by atoms with van der Waals surface area (Å²) in [6, 6.07) is 15.1. The van der Waals surface area contributed by atoms with Gasteiger partial charge in [0.25, 0.3) is 5.91 Å². The number of rotatable bonds is 5. The molecule has 3 amide bonds. The van der Waals surface area contributed by atoms with Gasteiger partial charge in [0.2, 0.25) is 11.8 Å². The number of likely N-dealkylation sites (tertiary alicyclic amines) is 1. The van der Waals surface area contributed by atoms with E-state index in [9.17, 15) is 14.4 Å². The lowest BCUT2D eigenvalue weighted by atomic mass is 9.82. The van der Waals surface area contributed by atoms with Crippen LogP contribution in [0.2, 0.25) is 0 Å². The lowest BCUT2D eigenvalue weighted by Crippen LogP contribution is -2.49. The van der Waals surface area contributed by atoms with Gasteiger partial charge in [-0.05, 0) is 48.2 Å². The Morgan fingerprint density at radius 1 is 1.03 bits per heavy atom. The van der Waals surface area contributed by atoms with Crippen molar-refractivity contribution in [3.8, 4) is 0 Å². The van der Waals surface area contributed by atoms with E-state index >= 15 is 0 Å². The SMILES string of the molecule is O=C(NC1(c2cccc(Br)c2)CCOCC1)c1ccc(CN2C(=O)CCC2=O)cc1. The van der Waals surface area contributed by atoms with Crippen LogP contribution in [0.3, 0.4) is 0 Å². The van der Waals surface area contributed by atoms with E-state index in [1.807, 2.05) is 24.3 Å². The van der Waals surface area contributed by atoms with Gasteiger partial charge in [-0.25, -0.2) is 0 Å². The Labute approximate surface area is 183 Å². The molecular formula is C23H23BrN2O4. The summed E-state index contributed by atoms with van der Waals surface area (Å²) < 4.78 is 6.51. The largest absolute Gasteiger partial charge is 0.381 e. The maximum atomic E-state index is 13.1. The molecule has 0 aliphatic carbocycles. The monoisotopic (exact) mass is 470 g/mol. The van der Waals surface area contributed by atoms with E-state index in [1.54, 1.807) is 24.3 Å². The van der Waals surface area contributed by atoms with Gasteiger partial charge in [0.15, 0.2) is 0 Å². The fourth-order valence-corrected chi connectivity index (χ4v) is 4.42. The minimum absolute atomic E-state index is 0.141. The summed E-state index contributed by atoms with van der Waals surface area (Å²) in [6.45, 7) is 1.42. The average molecular weight is 471 g/mol. The molecule has 2 aromatic rings. The molecule has 2 aliphatic heterocycles. The van der Waals surface area contributed by atoms with Crippen LogP contribution in [0.1, 0.15) is 47.2 Å². The number of halogens is 1. The molecule has 0 radical (unpaired) electrons. The Kier molecular flexibility index (Phi) is 6.01. The van der Waals surface area contributed by atoms with Crippen molar-refractivity contribution in [2.24, 2.45) is 0 Å². The highest BCUT2D eigenvalue weighted by molar-refractivity contribution is 9.10. The summed E-state index contributed by atoms with van der Waals surface area (Å²) in [4.78, 5) is 37.9. The number of nitrogens with one attached hydrogen (secondary N) is 1. The van der Waals surface area contributed by atoms with Crippen molar-refractivity contribution in [2.75, 3.05) is 13.2 Å². The Hall–Kier alpha value is -2.51. The van der Waals surface area contributed by atoms with Crippen molar-refractivity contribution in [2.45, 2.75) is 37.8 Å². The molecule has 2 heterocycles. The first-order chi connectivity index (χ1) is 14.5. The maximum Gasteiger partial charge on any atom is 0.251 e. The molecule has 6 nitrogen and oxygen atoms in total. The quantitative estimate of drug-likeness (QED) is 0.678. The summed E-state index contributed by atoms with van der Waals surface area (Å²) in [5.41, 5.74) is 1.93. The zero-order valence-corrected chi connectivity index (χ0v) is 18.1. The van der Waals surface area contributed by atoms with E-state index in [0.717, 1.165) is 15.6 Å². The zero-order chi connectivity index (χ0) is 21.1. The fraction of sp³-hybridized carbons (Fsp3) is 0.348. The Morgan fingerprint density at radius 2 is 1.70 bits per heavy atom. The van der Waals surface area contributed by atoms with Gasteiger partial charge in [-0.1, -0.05) is 40.2 Å². The third-order valence-corrected chi connectivity index (χ3v) is 6.28. The van der Waals surface area contributed by atoms with Crippen molar-refractivity contribution in [3.63, 3.8) is 0 Å². The summed E-state index contributed by atoms with van der Waals surface area (Å²) in [7, 11) is 0. The molecule has 2 saturated heterocycles. The van der Waals surface area contributed by atoms with Crippen LogP contribution in [0.4, 0.5) is 0 Å². The molecule has 30 heavy (non-hydrogen) atoms. The van der Waals surface area contributed by atoms with Gasteiger partial charge in [-0.2, -0.15) is 0 Å². The molecule has 7 heteroatoms. The molecule has 1 N–H and O–H groups in total. The van der Waals surface area contributed by atoms with E-state index in [4.69, 9.17) is 4.74 Å². The number of carbonyl (C=O) groups excluding carboxylic acids is 3. The molecule has 0 unspecified atom stereocenters. The molecule has 2 aromatic carbocycles. The van der Waals surface area contributed by atoms with Crippen LogP contribution in [0.5, 0.6) is 0 Å². The molecule has 4 rings (SSSR count). The molecule has 0 saturated carbocycles. The van der Waals surface area contributed by atoms with Crippen LogP contribution in [0.15, 0.2) is 53.0 Å². The number of nitrogens with zero attached hydrogens (tertiary/aromatic N) is 1. The van der Waals surface area contributed by atoms with Crippen molar-refractivity contribution >= 4 is 33.7 Å². The number of hydrogen-bond acceptors (Lipinski definition) is 4. The van der Waals surface area contributed by atoms with Gasteiger partial charge < -0.3 is 10.1 Å². The van der Waals surface area contributed by atoms with Crippen molar-refractivity contribution in [1.29, 1.82) is 0 Å². The minimum Gasteiger partial charge on any atom is -0.381 e. The second kappa shape index (κ2) is 8.70. The molecular weight excluding hydrogens is 448 g/mol. The highest BCUT2D eigenvalue weighted by Crippen LogP contribution is 2.34. The van der Waals surface area contributed by atoms with Gasteiger partial charge >= 0.3 is 0 Å². The third kappa shape index (κ3) is 4.32. The first-order valence-electron chi connectivity index (χ1n) is 10.1. The normalized spacial score (nSPS) is 18.5. The molecule has 156 valence electrons. The van der Waals surface area contributed by atoms with Crippen LogP contribution >= 0.6 is 15.9 Å². The first kappa shape index (κ1) is 20.8. The van der Waals surface area contributed by atoms with E-state index in [0.29, 0.717) is 31.6 Å². The highest BCUT2D eigenvalue weighted by atomic mass is 79.9. The highest BCUT2D eigenvalue weighted by Gasteiger charge is 2.36. The summed E-state index contributed by atoms with van der Waals surface area (Å²) >= 11 is 3.52. The molecule has 2 fully saturated rings. The Bertz CT molecular complexity index is 951. The van der Waals surface area contributed by atoms with E-state index in [-0.39, 0.29) is 37.1 Å². The smallest absolute Gasteiger partial charge is 0.251 e. The molecule has 0 bridgehead atoms. The van der Waals surface area contributed by atoms with Gasteiger partial charge in [0.1, 0.15) is 0 Å². The second-order valence-corrected chi connectivity index (χ2v) is 8.65. The van der Waals surface area contributed by atoms with Crippen molar-refractivity contribution < 1.29 is 19.1 Å². The van der Waals surface area contributed by atoms with Crippen LogP contribution in [0, 0.1) is 0 Å². The van der Waals surface area contributed by atoms with Crippen LogP contribution in [-0.2, 0) is 26.4 Å². The summed E-state index contributed by atoms with van der Waals surface area (Å²) in [6.07, 6.45) is 1.96. The number of imide groups is 1. The van der Waals surface area contributed by atoms with Crippen LogP contribution in [-0.4, -0.2) is 35.8 Å². The summed E-state index contributed by atoms with van der Waals surface area (Å²) in [5, 5.41) is 3.24. The number of ether oxygens (including phenoxy) is 1. The second-order valence-electron chi connectivity index (χ2n) is 7.73. The van der Waals surface area contributed by atoms with Crippen molar-refractivity contribution in [1.82, 2.24) is 10.2 Å². The fourth-order valence-electron chi connectivity index (χ4n) is 4.02.